The van der Waals surface area contributed by atoms with Gasteiger partial charge in [0.25, 0.3) is 5.91 Å². The first-order valence-corrected chi connectivity index (χ1v) is 7.09. The fraction of sp³-hybridized carbons (Fsp3) is 0.533. The summed E-state index contributed by atoms with van der Waals surface area (Å²) in [7, 11) is 0. The first-order valence-electron chi connectivity index (χ1n) is 7.09. The van der Waals surface area contributed by atoms with Crippen molar-refractivity contribution >= 4 is 5.91 Å². The summed E-state index contributed by atoms with van der Waals surface area (Å²) in [5.74, 6) is 1.82. The van der Waals surface area contributed by atoms with Crippen LogP contribution in [0, 0.1) is 5.92 Å². The molecule has 2 unspecified atom stereocenters. The van der Waals surface area contributed by atoms with E-state index in [2.05, 4.69) is 6.92 Å². The Bertz CT molecular complexity index is 518. The van der Waals surface area contributed by atoms with E-state index in [0.717, 1.165) is 13.0 Å². The number of ether oxygens (including phenoxy) is 2. The van der Waals surface area contributed by atoms with E-state index in [1.807, 2.05) is 11.0 Å². The Hall–Kier alpha value is -1.75. The highest BCUT2D eigenvalue weighted by Gasteiger charge is 2.32. The Morgan fingerprint density at radius 2 is 2.10 bits per heavy atom. The van der Waals surface area contributed by atoms with Crippen molar-refractivity contribution in [3.05, 3.63) is 23.8 Å². The van der Waals surface area contributed by atoms with E-state index < -0.39 is 0 Å². The van der Waals surface area contributed by atoms with Crippen LogP contribution in [0.1, 0.15) is 23.7 Å². The average Bonchev–Trinajstić information content (AvgIpc) is 2.87. The van der Waals surface area contributed by atoms with Gasteiger partial charge in [-0.25, -0.2) is 0 Å². The number of amides is 1. The lowest BCUT2D eigenvalue weighted by Gasteiger charge is -2.23. The second kappa shape index (κ2) is 5.32. The van der Waals surface area contributed by atoms with Crippen LogP contribution in [0.4, 0.5) is 0 Å². The summed E-state index contributed by atoms with van der Waals surface area (Å²) < 4.78 is 11.0. The third kappa shape index (κ3) is 2.33. The third-order valence-corrected chi connectivity index (χ3v) is 4.04. The molecular weight excluding hydrogens is 256 g/mol. The molecule has 0 aliphatic carbocycles. The molecule has 1 aromatic carbocycles. The maximum atomic E-state index is 12.6. The minimum atomic E-state index is 0.0467. The van der Waals surface area contributed by atoms with E-state index in [0.29, 0.717) is 42.7 Å². The smallest absolute Gasteiger partial charge is 0.254 e. The molecule has 2 aliphatic rings. The highest BCUT2D eigenvalue weighted by Crippen LogP contribution is 2.32. The topological polar surface area (TPSA) is 64.8 Å². The highest BCUT2D eigenvalue weighted by molar-refractivity contribution is 5.95. The Kier molecular flexibility index (Phi) is 3.53. The monoisotopic (exact) mass is 276 g/mol. The molecule has 2 N–H and O–H groups in total. The third-order valence-electron chi connectivity index (χ3n) is 4.04. The van der Waals surface area contributed by atoms with Crippen molar-refractivity contribution in [2.24, 2.45) is 11.7 Å². The summed E-state index contributed by atoms with van der Waals surface area (Å²) in [5.41, 5.74) is 6.37. The molecule has 2 aliphatic heterocycles. The lowest BCUT2D eigenvalue weighted by atomic mass is 10.1. The minimum absolute atomic E-state index is 0.0467. The van der Waals surface area contributed by atoms with E-state index in [4.69, 9.17) is 15.2 Å². The Labute approximate surface area is 118 Å². The number of hydrogen-bond donors (Lipinski definition) is 1. The molecule has 108 valence electrons. The number of likely N-dealkylation sites (tertiary alicyclic amines) is 1. The van der Waals surface area contributed by atoms with Gasteiger partial charge >= 0.3 is 0 Å². The summed E-state index contributed by atoms with van der Waals surface area (Å²) in [6.45, 7) is 4.54. The van der Waals surface area contributed by atoms with Crippen molar-refractivity contribution in [1.82, 2.24) is 4.90 Å². The van der Waals surface area contributed by atoms with Crippen LogP contribution in [-0.4, -0.2) is 43.2 Å². The standard InChI is InChI=1S/C15H20N2O3/c1-10-6-11(8-16)9-17(10)15(18)12-2-3-13-14(7-12)20-5-4-19-13/h2-3,7,10-11H,4-6,8-9,16H2,1H3. The summed E-state index contributed by atoms with van der Waals surface area (Å²) in [6, 6.07) is 5.63. The Balaban J connectivity index is 1.80. The first-order chi connectivity index (χ1) is 9.69. The molecule has 0 radical (unpaired) electrons. The zero-order valence-corrected chi connectivity index (χ0v) is 11.7. The van der Waals surface area contributed by atoms with Crippen LogP contribution in [0.25, 0.3) is 0 Å². The van der Waals surface area contributed by atoms with Gasteiger partial charge in [-0.15, -0.1) is 0 Å². The summed E-state index contributed by atoms with van der Waals surface area (Å²) >= 11 is 0. The summed E-state index contributed by atoms with van der Waals surface area (Å²) in [5, 5.41) is 0. The van der Waals surface area contributed by atoms with Gasteiger partial charge in [-0.2, -0.15) is 0 Å². The molecule has 1 aromatic rings. The van der Waals surface area contributed by atoms with E-state index >= 15 is 0 Å². The second-order valence-electron chi connectivity index (χ2n) is 5.50. The Morgan fingerprint density at radius 3 is 2.80 bits per heavy atom. The summed E-state index contributed by atoms with van der Waals surface area (Å²) in [4.78, 5) is 14.5. The van der Waals surface area contributed by atoms with Crippen LogP contribution in [0.2, 0.25) is 0 Å². The van der Waals surface area contributed by atoms with Crippen LogP contribution in [0.15, 0.2) is 18.2 Å². The van der Waals surface area contributed by atoms with Crippen LogP contribution in [0.5, 0.6) is 11.5 Å². The predicted molar refractivity (Wildman–Crippen MR) is 75.1 cm³/mol. The van der Waals surface area contributed by atoms with E-state index in [1.54, 1.807) is 12.1 Å². The van der Waals surface area contributed by atoms with Gasteiger partial charge in [0.05, 0.1) is 0 Å². The number of nitrogens with zero attached hydrogens (tertiary/aromatic N) is 1. The molecule has 1 fully saturated rings. The van der Waals surface area contributed by atoms with Crippen LogP contribution in [0.3, 0.4) is 0 Å². The maximum absolute atomic E-state index is 12.6. The van der Waals surface area contributed by atoms with Crippen molar-refractivity contribution in [1.29, 1.82) is 0 Å². The van der Waals surface area contributed by atoms with Gasteiger partial charge < -0.3 is 20.1 Å². The van der Waals surface area contributed by atoms with Crippen molar-refractivity contribution in [2.75, 3.05) is 26.3 Å². The van der Waals surface area contributed by atoms with Gasteiger partial charge in [-0.1, -0.05) is 0 Å². The quantitative estimate of drug-likeness (QED) is 0.883. The molecule has 2 heterocycles. The van der Waals surface area contributed by atoms with Gasteiger partial charge in [-0.05, 0) is 44.0 Å². The van der Waals surface area contributed by atoms with Crippen molar-refractivity contribution in [3.8, 4) is 11.5 Å². The number of benzene rings is 1. The number of nitrogens with two attached hydrogens (primary N) is 1. The normalized spacial score (nSPS) is 24.8. The maximum Gasteiger partial charge on any atom is 0.254 e. The number of carbonyl (C=O) groups is 1. The van der Waals surface area contributed by atoms with Gasteiger partial charge in [0.15, 0.2) is 11.5 Å². The summed E-state index contributed by atoms with van der Waals surface area (Å²) in [6.07, 6.45) is 0.979. The lowest BCUT2D eigenvalue weighted by molar-refractivity contribution is 0.0742. The highest BCUT2D eigenvalue weighted by atomic mass is 16.6. The molecule has 0 spiro atoms. The van der Waals surface area contributed by atoms with Crippen molar-refractivity contribution < 1.29 is 14.3 Å². The number of rotatable bonds is 2. The van der Waals surface area contributed by atoms with Gasteiger partial charge in [0.2, 0.25) is 0 Å². The molecule has 0 bridgehead atoms. The van der Waals surface area contributed by atoms with Gasteiger partial charge in [-0.3, -0.25) is 4.79 Å². The lowest BCUT2D eigenvalue weighted by Crippen LogP contribution is -2.34. The second-order valence-corrected chi connectivity index (χ2v) is 5.50. The van der Waals surface area contributed by atoms with Crippen LogP contribution in [-0.2, 0) is 0 Å². The van der Waals surface area contributed by atoms with Crippen molar-refractivity contribution in [2.45, 2.75) is 19.4 Å². The van der Waals surface area contributed by atoms with Gasteiger partial charge in [0.1, 0.15) is 13.2 Å². The molecule has 3 rings (SSSR count). The fourth-order valence-electron chi connectivity index (χ4n) is 2.94. The van der Waals surface area contributed by atoms with E-state index in [1.165, 1.54) is 0 Å². The molecule has 2 atom stereocenters. The van der Waals surface area contributed by atoms with Crippen molar-refractivity contribution in [3.63, 3.8) is 0 Å². The Morgan fingerprint density at radius 1 is 1.35 bits per heavy atom. The molecule has 1 amide bonds. The van der Waals surface area contributed by atoms with E-state index in [-0.39, 0.29) is 11.9 Å². The predicted octanol–water partition coefficient (Wildman–Crippen LogP) is 1.27. The molecular formula is C15H20N2O3. The molecule has 5 nitrogen and oxygen atoms in total. The van der Waals surface area contributed by atoms with Crippen LogP contribution < -0.4 is 15.2 Å². The molecule has 1 saturated heterocycles. The zero-order chi connectivity index (χ0) is 14.1. The molecule has 20 heavy (non-hydrogen) atoms. The fourth-order valence-corrected chi connectivity index (χ4v) is 2.94. The zero-order valence-electron chi connectivity index (χ0n) is 11.7. The average molecular weight is 276 g/mol. The number of hydrogen-bond acceptors (Lipinski definition) is 4. The first kappa shape index (κ1) is 13.2. The molecule has 0 aromatic heterocycles. The number of carbonyl (C=O) groups excluding carboxylic acids is 1. The largest absolute Gasteiger partial charge is 0.486 e. The minimum Gasteiger partial charge on any atom is -0.486 e. The number of fused-ring (bicyclic) bond motifs is 1. The molecule has 0 saturated carbocycles. The SMILES string of the molecule is CC1CC(CN)CN1C(=O)c1ccc2c(c1)OCCO2. The van der Waals surface area contributed by atoms with E-state index in [9.17, 15) is 4.79 Å². The van der Waals surface area contributed by atoms with Crippen LogP contribution >= 0.6 is 0 Å². The van der Waals surface area contributed by atoms with Gasteiger partial charge in [0, 0.05) is 18.2 Å². The molecule has 5 heteroatoms.